The van der Waals surface area contributed by atoms with Crippen molar-refractivity contribution in [1.82, 2.24) is 15.3 Å². The van der Waals surface area contributed by atoms with Crippen molar-refractivity contribution in [3.8, 4) is 5.75 Å². The van der Waals surface area contributed by atoms with Crippen LogP contribution in [0, 0.1) is 0 Å². The highest BCUT2D eigenvalue weighted by atomic mass is 79.9. The highest BCUT2D eigenvalue weighted by molar-refractivity contribution is 9.10. The van der Waals surface area contributed by atoms with Gasteiger partial charge in [-0.15, -0.1) is 0 Å². The fraction of sp³-hybridized carbons (Fsp3) is 0.267. The Bertz CT molecular complexity index is 665. The van der Waals surface area contributed by atoms with Gasteiger partial charge in [0.05, 0.1) is 17.1 Å². The summed E-state index contributed by atoms with van der Waals surface area (Å²) in [5.74, 6) is 1.07. The minimum atomic E-state index is -0.143. The van der Waals surface area contributed by atoms with Crippen molar-refractivity contribution < 1.29 is 9.53 Å². The van der Waals surface area contributed by atoms with E-state index in [9.17, 15) is 4.79 Å². The number of aromatic nitrogens is 2. The number of nitrogens with zero attached hydrogens (tertiary/aromatic N) is 2. The Kier molecular flexibility index (Phi) is 6.79. The molecular formula is C15H16Br2N4O2. The fourth-order valence-electron chi connectivity index (χ4n) is 1.79. The highest BCUT2D eigenvalue weighted by Gasteiger charge is 2.10. The van der Waals surface area contributed by atoms with Gasteiger partial charge in [-0.25, -0.2) is 9.97 Å². The van der Waals surface area contributed by atoms with Gasteiger partial charge in [0.25, 0.3) is 5.91 Å². The first-order valence-electron chi connectivity index (χ1n) is 6.93. The molecule has 2 aromatic rings. The molecule has 1 heterocycles. The van der Waals surface area contributed by atoms with Crippen LogP contribution in [0.1, 0.15) is 16.8 Å². The van der Waals surface area contributed by atoms with Gasteiger partial charge in [-0.05, 0) is 56.5 Å². The Hall–Kier alpha value is -1.67. The Labute approximate surface area is 151 Å². The summed E-state index contributed by atoms with van der Waals surface area (Å²) < 4.78 is 6.70. The third-order valence-corrected chi connectivity index (χ3v) is 4.06. The molecule has 0 atom stereocenters. The number of amides is 1. The van der Waals surface area contributed by atoms with Crippen molar-refractivity contribution in [3.05, 3.63) is 45.1 Å². The van der Waals surface area contributed by atoms with E-state index in [1.807, 2.05) is 0 Å². The molecule has 1 amide bonds. The van der Waals surface area contributed by atoms with Gasteiger partial charge in [-0.3, -0.25) is 4.79 Å². The van der Waals surface area contributed by atoms with Crippen molar-refractivity contribution in [2.45, 2.75) is 6.42 Å². The van der Waals surface area contributed by atoms with Gasteiger partial charge in [0.2, 0.25) is 5.95 Å². The van der Waals surface area contributed by atoms with E-state index in [4.69, 9.17) is 4.74 Å². The van der Waals surface area contributed by atoms with Crippen LogP contribution in [0.3, 0.4) is 0 Å². The number of hydrogen-bond acceptors (Lipinski definition) is 5. The van der Waals surface area contributed by atoms with E-state index in [0.29, 0.717) is 30.4 Å². The number of nitrogens with one attached hydrogen (secondary N) is 2. The first kappa shape index (κ1) is 17.7. The van der Waals surface area contributed by atoms with Gasteiger partial charge >= 0.3 is 0 Å². The molecule has 1 aromatic carbocycles. The molecule has 6 nitrogen and oxygen atoms in total. The SMILES string of the molecule is COc1ccc(Br)c(C(=O)NCCCNc2ncc(Br)cn2)c1. The smallest absolute Gasteiger partial charge is 0.252 e. The average molecular weight is 444 g/mol. The molecule has 0 aliphatic carbocycles. The average Bonchev–Trinajstić information content (AvgIpc) is 2.56. The lowest BCUT2D eigenvalue weighted by atomic mass is 10.2. The second-order valence-electron chi connectivity index (χ2n) is 4.61. The summed E-state index contributed by atoms with van der Waals surface area (Å²) in [5.41, 5.74) is 0.550. The Morgan fingerprint density at radius 2 is 1.96 bits per heavy atom. The number of carbonyl (C=O) groups is 1. The van der Waals surface area contributed by atoms with E-state index in [-0.39, 0.29) is 5.91 Å². The second kappa shape index (κ2) is 8.83. The molecule has 2 N–H and O–H groups in total. The van der Waals surface area contributed by atoms with E-state index in [0.717, 1.165) is 15.4 Å². The van der Waals surface area contributed by atoms with Crippen LogP contribution in [0.15, 0.2) is 39.5 Å². The summed E-state index contributed by atoms with van der Waals surface area (Å²) in [4.78, 5) is 20.4. The fourth-order valence-corrected chi connectivity index (χ4v) is 2.43. The normalized spacial score (nSPS) is 10.2. The number of halogens is 2. The molecule has 2 rings (SSSR count). The monoisotopic (exact) mass is 442 g/mol. The third-order valence-electron chi connectivity index (χ3n) is 2.96. The van der Waals surface area contributed by atoms with Gasteiger partial charge in [-0.1, -0.05) is 0 Å². The number of hydrogen-bond donors (Lipinski definition) is 2. The lowest BCUT2D eigenvalue weighted by Gasteiger charge is -2.09. The zero-order valence-corrected chi connectivity index (χ0v) is 15.6. The largest absolute Gasteiger partial charge is 0.497 e. The molecule has 0 aliphatic rings. The summed E-state index contributed by atoms with van der Waals surface area (Å²) >= 11 is 6.65. The number of ether oxygens (including phenoxy) is 1. The van der Waals surface area contributed by atoms with Crippen LogP contribution >= 0.6 is 31.9 Å². The molecule has 0 aliphatic heterocycles. The zero-order valence-electron chi connectivity index (χ0n) is 12.5. The topological polar surface area (TPSA) is 76.1 Å². The number of methoxy groups -OCH3 is 1. The van der Waals surface area contributed by atoms with Gasteiger partial charge in [-0.2, -0.15) is 0 Å². The van der Waals surface area contributed by atoms with E-state index >= 15 is 0 Å². The minimum absolute atomic E-state index is 0.143. The number of benzene rings is 1. The van der Waals surface area contributed by atoms with E-state index in [1.54, 1.807) is 37.7 Å². The van der Waals surface area contributed by atoms with Crippen LogP contribution in [-0.2, 0) is 0 Å². The summed E-state index contributed by atoms with van der Waals surface area (Å²) in [7, 11) is 1.57. The molecular weight excluding hydrogens is 428 g/mol. The first-order valence-corrected chi connectivity index (χ1v) is 8.52. The van der Waals surface area contributed by atoms with Crippen molar-refractivity contribution in [3.63, 3.8) is 0 Å². The molecule has 0 radical (unpaired) electrons. The summed E-state index contributed by atoms with van der Waals surface area (Å²) in [5, 5.41) is 5.97. The van der Waals surface area contributed by atoms with Crippen LogP contribution in [0.2, 0.25) is 0 Å². The molecule has 0 saturated heterocycles. The third kappa shape index (κ3) is 5.47. The molecule has 1 aromatic heterocycles. The molecule has 0 bridgehead atoms. The maximum atomic E-state index is 12.2. The van der Waals surface area contributed by atoms with Crippen molar-refractivity contribution in [1.29, 1.82) is 0 Å². The van der Waals surface area contributed by atoms with E-state index in [2.05, 4.69) is 52.5 Å². The van der Waals surface area contributed by atoms with Gasteiger partial charge in [0.15, 0.2) is 0 Å². The van der Waals surface area contributed by atoms with Crippen LogP contribution < -0.4 is 15.4 Å². The van der Waals surface area contributed by atoms with Gasteiger partial charge in [0.1, 0.15) is 5.75 Å². The standard InChI is InChI=1S/C15H16Br2N4O2/c1-23-11-3-4-13(17)12(7-11)14(22)18-5-2-6-19-15-20-8-10(16)9-21-15/h3-4,7-9H,2,5-6H2,1H3,(H,18,22)(H,19,20,21). The number of rotatable bonds is 7. The predicted octanol–water partition coefficient (Wildman–Crippen LogP) is 3.24. The Morgan fingerprint density at radius 3 is 2.65 bits per heavy atom. The molecule has 8 heteroatoms. The lowest BCUT2D eigenvalue weighted by molar-refractivity contribution is 0.0952. The van der Waals surface area contributed by atoms with Crippen LogP contribution in [-0.4, -0.2) is 36.1 Å². The van der Waals surface area contributed by atoms with Crippen LogP contribution in [0.4, 0.5) is 5.95 Å². The van der Waals surface area contributed by atoms with Gasteiger partial charge < -0.3 is 15.4 Å². The maximum absolute atomic E-state index is 12.2. The van der Waals surface area contributed by atoms with Gasteiger partial charge in [0, 0.05) is 30.0 Å². The zero-order chi connectivity index (χ0) is 16.7. The van der Waals surface area contributed by atoms with Crippen molar-refractivity contribution in [2.75, 3.05) is 25.5 Å². The predicted molar refractivity (Wildman–Crippen MR) is 95.9 cm³/mol. The maximum Gasteiger partial charge on any atom is 0.252 e. The molecule has 0 fully saturated rings. The summed E-state index contributed by atoms with van der Waals surface area (Å²) in [6, 6.07) is 5.29. The quantitative estimate of drug-likeness (QED) is 0.642. The Balaban J connectivity index is 1.75. The second-order valence-corrected chi connectivity index (χ2v) is 6.38. The first-order chi connectivity index (χ1) is 11.1. The molecule has 23 heavy (non-hydrogen) atoms. The lowest BCUT2D eigenvalue weighted by Crippen LogP contribution is -2.26. The molecule has 122 valence electrons. The highest BCUT2D eigenvalue weighted by Crippen LogP contribution is 2.22. The summed E-state index contributed by atoms with van der Waals surface area (Å²) in [6.07, 6.45) is 4.11. The Morgan fingerprint density at radius 1 is 1.22 bits per heavy atom. The number of anilines is 1. The minimum Gasteiger partial charge on any atom is -0.497 e. The molecule has 0 unspecified atom stereocenters. The van der Waals surface area contributed by atoms with Crippen molar-refractivity contribution >= 4 is 43.7 Å². The van der Waals surface area contributed by atoms with Crippen LogP contribution in [0.5, 0.6) is 5.75 Å². The number of carbonyl (C=O) groups excluding carboxylic acids is 1. The molecule has 0 saturated carbocycles. The summed E-state index contributed by atoms with van der Waals surface area (Å²) in [6.45, 7) is 1.22. The van der Waals surface area contributed by atoms with E-state index in [1.165, 1.54) is 0 Å². The van der Waals surface area contributed by atoms with E-state index < -0.39 is 0 Å². The van der Waals surface area contributed by atoms with Crippen LogP contribution in [0.25, 0.3) is 0 Å². The molecule has 0 spiro atoms. The van der Waals surface area contributed by atoms with Crippen molar-refractivity contribution in [2.24, 2.45) is 0 Å².